The summed E-state index contributed by atoms with van der Waals surface area (Å²) < 4.78 is 21.5. The van der Waals surface area contributed by atoms with Crippen LogP contribution in [0.5, 0.6) is 0 Å². The minimum atomic E-state index is -3.51. The van der Waals surface area contributed by atoms with E-state index in [4.69, 9.17) is 22.3 Å². The van der Waals surface area contributed by atoms with Crippen molar-refractivity contribution >= 4 is 31.3 Å². The van der Waals surface area contributed by atoms with E-state index in [1.807, 2.05) is 0 Å². The van der Waals surface area contributed by atoms with Crippen molar-refractivity contribution in [1.29, 1.82) is 0 Å². The Kier molecular flexibility index (Phi) is 2.84. The van der Waals surface area contributed by atoms with Crippen LogP contribution in [-0.4, -0.2) is 13.8 Å². The molecule has 5 heteroatoms. The van der Waals surface area contributed by atoms with E-state index >= 15 is 0 Å². The lowest BCUT2D eigenvalue weighted by atomic mass is 10.1. The third-order valence-corrected chi connectivity index (χ3v) is 3.51. The molecule has 1 aliphatic rings. The second kappa shape index (κ2) is 3.33. The molecule has 0 amide bonds. The van der Waals surface area contributed by atoms with Gasteiger partial charge in [-0.05, 0) is 12.8 Å². The Labute approximate surface area is 75.6 Å². The van der Waals surface area contributed by atoms with Crippen LogP contribution in [0.15, 0.2) is 11.0 Å². The SMILES string of the molecule is O=S(=O)(Cl)C1=CCCC(Cl)C1. The Hall–Kier alpha value is 0.270. The molecule has 0 aromatic heterocycles. The van der Waals surface area contributed by atoms with E-state index in [1.165, 1.54) is 0 Å². The molecule has 11 heavy (non-hydrogen) atoms. The van der Waals surface area contributed by atoms with Gasteiger partial charge in [0.25, 0.3) is 9.05 Å². The molecule has 1 aliphatic carbocycles. The summed E-state index contributed by atoms with van der Waals surface area (Å²) in [5.41, 5.74) is 0. The van der Waals surface area contributed by atoms with Crippen molar-refractivity contribution in [3.05, 3.63) is 11.0 Å². The average molecular weight is 215 g/mol. The summed E-state index contributed by atoms with van der Waals surface area (Å²) in [5.74, 6) is 0. The third kappa shape index (κ3) is 2.65. The first-order valence-corrected chi connectivity index (χ1v) is 6.02. The molecule has 0 saturated carbocycles. The van der Waals surface area contributed by atoms with Crippen molar-refractivity contribution in [1.82, 2.24) is 0 Å². The van der Waals surface area contributed by atoms with Crippen LogP contribution in [0.3, 0.4) is 0 Å². The lowest BCUT2D eigenvalue weighted by Gasteiger charge is -2.14. The maximum Gasteiger partial charge on any atom is 0.257 e. The Balaban J connectivity index is 2.82. The topological polar surface area (TPSA) is 34.1 Å². The summed E-state index contributed by atoms with van der Waals surface area (Å²) >= 11 is 5.75. The lowest BCUT2D eigenvalue weighted by Crippen LogP contribution is -2.09. The van der Waals surface area contributed by atoms with Crippen molar-refractivity contribution < 1.29 is 8.42 Å². The van der Waals surface area contributed by atoms with Gasteiger partial charge in [-0.15, -0.1) is 11.6 Å². The van der Waals surface area contributed by atoms with Gasteiger partial charge in [0.15, 0.2) is 0 Å². The highest BCUT2D eigenvalue weighted by atomic mass is 35.7. The number of halogens is 2. The van der Waals surface area contributed by atoms with E-state index in [0.29, 0.717) is 12.8 Å². The van der Waals surface area contributed by atoms with E-state index in [2.05, 4.69) is 0 Å². The fourth-order valence-corrected chi connectivity index (χ4v) is 2.51. The fraction of sp³-hybridized carbons (Fsp3) is 0.667. The number of rotatable bonds is 1. The third-order valence-electron chi connectivity index (χ3n) is 1.59. The van der Waals surface area contributed by atoms with Crippen LogP contribution in [0.2, 0.25) is 0 Å². The van der Waals surface area contributed by atoms with Gasteiger partial charge in [-0.1, -0.05) is 6.08 Å². The van der Waals surface area contributed by atoms with E-state index in [0.717, 1.165) is 6.42 Å². The summed E-state index contributed by atoms with van der Waals surface area (Å²) in [7, 11) is 1.61. The first-order chi connectivity index (χ1) is 5.00. The Morgan fingerprint density at radius 1 is 1.55 bits per heavy atom. The molecule has 2 nitrogen and oxygen atoms in total. The van der Waals surface area contributed by atoms with Gasteiger partial charge in [0.2, 0.25) is 0 Å². The lowest BCUT2D eigenvalue weighted by molar-refractivity contribution is 0.608. The van der Waals surface area contributed by atoms with Crippen LogP contribution in [0.4, 0.5) is 0 Å². The number of hydrogen-bond acceptors (Lipinski definition) is 2. The predicted molar refractivity (Wildman–Crippen MR) is 46.3 cm³/mol. The highest BCUT2D eigenvalue weighted by molar-refractivity contribution is 8.16. The second-order valence-electron chi connectivity index (χ2n) is 2.49. The van der Waals surface area contributed by atoms with Gasteiger partial charge < -0.3 is 0 Å². The highest BCUT2D eigenvalue weighted by Gasteiger charge is 2.21. The van der Waals surface area contributed by atoms with Gasteiger partial charge in [-0.25, -0.2) is 8.42 Å². The molecular formula is C6H8Cl2O2S. The van der Waals surface area contributed by atoms with Gasteiger partial charge in [0.1, 0.15) is 0 Å². The van der Waals surface area contributed by atoms with Crippen LogP contribution < -0.4 is 0 Å². The van der Waals surface area contributed by atoms with E-state index in [-0.39, 0.29) is 10.3 Å². The van der Waals surface area contributed by atoms with E-state index < -0.39 is 9.05 Å². The van der Waals surface area contributed by atoms with Crippen LogP contribution in [0, 0.1) is 0 Å². The van der Waals surface area contributed by atoms with Crippen molar-refractivity contribution in [3.8, 4) is 0 Å². The molecule has 0 aliphatic heterocycles. The number of hydrogen-bond donors (Lipinski definition) is 0. The predicted octanol–water partition coefficient (Wildman–Crippen LogP) is 2.23. The van der Waals surface area contributed by atoms with Gasteiger partial charge >= 0.3 is 0 Å². The second-order valence-corrected chi connectivity index (χ2v) is 5.72. The van der Waals surface area contributed by atoms with Crippen molar-refractivity contribution in [2.24, 2.45) is 0 Å². The molecule has 1 rings (SSSR count). The highest BCUT2D eigenvalue weighted by Crippen LogP contribution is 2.27. The standard InChI is InChI=1S/C6H8Cl2O2S/c7-5-2-1-3-6(4-5)11(8,9)10/h3,5H,1-2,4H2. The van der Waals surface area contributed by atoms with E-state index in [9.17, 15) is 8.42 Å². The van der Waals surface area contributed by atoms with Gasteiger partial charge in [0, 0.05) is 22.5 Å². The number of allylic oxidation sites excluding steroid dienone is 2. The molecule has 0 heterocycles. The summed E-state index contributed by atoms with van der Waals surface area (Å²) in [4.78, 5) is 0.269. The van der Waals surface area contributed by atoms with E-state index in [1.54, 1.807) is 6.08 Å². The van der Waals surface area contributed by atoms with Crippen molar-refractivity contribution in [3.63, 3.8) is 0 Å². The molecule has 0 bridgehead atoms. The Bertz CT molecular complexity index is 268. The smallest absolute Gasteiger partial charge is 0.207 e. The largest absolute Gasteiger partial charge is 0.257 e. The van der Waals surface area contributed by atoms with Crippen molar-refractivity contribution in [2.45, 2.75) is 24.6 Å². The molecule has 0 spiro atoms. The summed E-state index contributed by atoms with van der Waals surface area (Å²) in [6.45, 7) is 0. The summed E-state index contributed by atoms with van der Waals surface area (Å²) in [6, 6.07) is 0. The van der Waals surface area contributed by atoms with Crippen LogP contribution in [0.25, 0.3) is 0 Å². The molecule has 1 unspecified atom stereocenters. The monoisotopic (exact) mass is 214 g/mol. The zero-order valence-electron chi connectivity index (χ0n) is 5.76. The molecule has 0 aromatic rings. The maximum atomic E-state index is 10.8. The normalized spacial score (nSPS) is 26.4. The molecule has 0 N–H and O–H groups in total. The first kappa shape index (κ1) is 9.36. The number of alkyl halides is 1. The van der Waals surface area contributed by atoms with Crippen LogP contribution >= 0.6 is 22.3 Å². The van der Waals surface area contributed by atoms with Gasteiger partial charge in [-0.2, -0.15) is 0 Å². The van der Waals surface area contributed by atoms with Crippen molar-refractivity contribution in [2.75, 3.05) is 0 Å². The fourth-order valence-electron chi connectivity index (χ4n) is 1.03. The first-order valence-electron chi connectivity index (χ1n) is 3.28. The zero-order valence-corrected chi connectivity index (χ0v) is 8.09. The molecule has 0 fully saturated rings. The Morgan fingerprint density at radius 2 is 2.18 bits per heavy atom. The average Bonchev–Trinajstić information content (AvgIpc) is 1.86. The summed E-state index contributed by atoms with van der Waals surface area (Å²) in [5, 5.41) is -0.0801. The maximum absolute atomic E-state index is 10.8. The molecule has 0 saturated heterocycles. The molecule has 1 atom stereocenters. The van der Waals surface area contributed by atoms with Gasteiger partial charge in [0.05, 0.1) is 4.91 Å². The Morgan fingerprint density at radius 3 is 2.55 bits per heavy atom. The molecule has 0 radical (unpaired) electrons. The molecular weight excluding hydrogens is 207 g/mol. The molecule has 0 aromatic carbocycles. The summed E-state index contributed by atoms with van der Waals surface area (Å²) in [6.07, 6.45) is 3.54. The minimum absolute atomic E-state index is 0.0801. The van der Waals surface area contributed by atoms with Crippen LogP contribution in [0.1, 0.15) is 19.3 Å². The van der Waals surface area contributed by atoms with Crippen LogP contribution in [-0.2, 0) is 9.05 Å². The quantitative estimate of drug-likeness (QED) is 0.496. The zero-order chi connectivity index (χ0) is 8.48. The molecule has 64 valence electrons. The minimum Gasteiger partial charge on any atom is -0.207 e. The van der Waals surface area contributed by atoms with Gasteiger partial charge in [-0.3, -0.25) is 0 Å².